The highest BCUT2D eigenvalue weighted by Gasteiger charge is 2.79. The van der Waals surface area contributed by atoms with Crippen molar-refractivity contribution in [2.45, 2.75) is 92.2 Å². The zero-order valence-corrected chi connectivity index (χ0v) is 31.1. The van der Waals surface area contributed by atoms with Gasteiger partial charge in [-0.15, -0.1) is 3.77 Å². The molecule has 3 aromatic carbocycles. The van der Waals surface area contributed by atoms with Crippen LogP contribution in [0.15, 0.2) is 109 Å². The van der Waals surface area contributed by atoms with E-state index in [2.05, 4.69) is 3.77 Å². The lowest BCUT2D eigenvalue weighted by atomic mass is 9.50. The molecule has 7 rings (SSSR count). The molecule has 6 atom stereocenters. The molecule has 6 nitrogen and oxygen atoms in total. The maximum absolute atomic E-state index is 15.3. The van der Waals surface area contributed by atoms with Gasteiger partial charge >= 0.3 is 12.1 Å². The van der Waals surface area contributed by atoms with Crippen molar-refractivity contribution >= 4 is 25.5 Å². The van der Waals surface area contributed by atoms with Crippen LogP contribution in [0.25, 0.3) is 11.1 Å². The Bertz CT molecular complexity index is 2270. The van der Waals surface area contributed by atoms with Gasteiger partial charge in [0.15, 0.2) is 5.78 Å². The van der Waals surface area contributed by atoms with Gasteiger partial charge in [-0.05, 0) is 115 Å². The first-order valence-electron chi connectivity index (χ1n) is 17.6. The van der Waals surface area contributed by atoms with Gasteiger partial charge in [-0.3, -0.25) is 4.79 Å². The molecule has 53 heavy (non-hydrogen) atoms. The highest BCUT2D eigenvalue weighted by Crippen LogP contribution is 2.70. The third-order valence-corrected chi connectivity index (χ3v) is 16.2. The lowest BCUT2D eigenvalue weighted by Gasteiger charge is -2.56. The molecule has 2 fully saturated rings. The average Bonchev–Trinajstić information content (AvgIpc) is 3.38. The van der Waals surface area contributed by atoms with Crippen molar-refractivity contribution in [1.29, 1.82) is 0 Å². The van der Waals surface area contributed by atoms with Crippen LogP contribution in [0.5, 0.6) is 0 Å². The van der Waals surface area contributed by atoms with Gasteiger partial charge in [-0.1, -0.05) is 66.6 Å². The number of hydrogen-bond acceptors (Lipinski definition) is 5. The van der Waals surface area contributed by atoms with E-state index in [-0.39, 0.29) is 34.3 Å². The van der Waals surface area contributed by atoms with Crippen LogP contribution in [0, 0.1) is 24.2 Å². The van der Waals surface area contributed by atoms with E-state index in [0.717, 1.165) is 27.8 Å². The van der Waals surface area contributed by atoms with Crippen molar-refractivity contribution in [2.75, 3.05) is 6.26 Å². The molecule has 13 heteroatoms. The molecule has 4 aliphatic rings. The van der Waals surface area contributed by atoms with Crippen LogP contribution in [-0.2, 0) is 24.5 Å². The van der Waals surface area contributed by atoms with Crippen LogP contribution < -0.4 is 0 Å². The second kappa shape index (κ2) is 12.7. The summed E-state index contributed by atoms with van der Waals surface area (Å²) in [4.78, 5) is 12.5. The molecule has 0 radical (unpaired) electrons. The second-order valence-corrected chi connectivity index (χ2v) is 19.4. The van der Waals surface area contributed by atoms with Gasteiger partial charge in [0.25, 0.3) is 10.0 Å². The van der Waals surface area contributed by atoms with E-state index in [1.807, 2.05) is 31.2 Å². The molecular weight excluding hydrogens is 734 g/mol. The van der Waals surface area contributed by atoms with Crippen LogP contribution in [0.4, 0.5) is 22.0 Å². The van der Waals surface area contributed by atoms with E-state index in [1.54, 1.807) is 42.5 Å². The van der Waals surface area contributed by atoms with Crippen LogP contribution in [0.2, 0.25) is 0 Å². The fourth-order valence-electron chi connectivity index (χ4n) is 9.51. The van der Waals surface area contributed by atoms with Crippen molar-refractivity contribution in [1.82, 2.24) is 0 Å². The zero-order valence-electron chi connectivity index (χ0n) is 29.4. The number of alkyl halides is 5. The summed E-state index contributed by atoms with van der Waals surface area (Å²) in [6, 6.07) is 19.8. The summed E-state index contributed by atoms with van der Waals surface area (Å²) in [5, 5.41) is 11.5. The number of rotatable bonds is 6. The fraction of sp³-hybridized carbons (Fsp3) is 0.425. The predicted molar refractivity (Wildman–Crippen MR) is 191 cm³/mol. The number of carbonyl (C=O) groups excluding carboxylic acids is 1. The molecule has 4 aliphatic carbocycles. The molecule has 3 aromatic rings. The van der Waals surface area contributed by atoms with Crippen molar-refractivity contribution in [2.24, 2.45) is 21.0 Å². The number of carbonyl (C=O) groups is 1. The molecule has 2 saturated carbocycles. The Morgan fingerprint density at radius 2 is 1.40 bits per heavy atom. The zero-order chi connectivity index (χ0) is 38.4. The lowest BCUT2D eigenvalue weighted by molar-refractivity contribution is -0.362. The van der Waals surface area contributed by atoms with Crippen LogP contribution in [0.3, 0.4) is 0 Å². The number of hydrogen-bond donors (Lipinski definition) is 1. The summed E-state index contributed by atoms with van der Waals surface area (Å²) < 4.78 is 115. The number of halogens is 5. The number of aryl methyl sites for hydroxylation is 1. The van der Waals surface area contributed by atoms with E-state index in [4.69, 9.17) is 0 Å². The Morgan fingerprint density at radius 1 is 0.811 bits per heavy atom. The standard InChI is InChI=1S/C40H40F5NO5S2/c1-24-4-14-31(15-5-24)53(50,51)46-52(3,49)30-16-10-26(11-17-30)25-6-8-27(9-7-25)34-23-37(2)35(20-21-38(37,48)39(41,42)40(43,44)45)33-18-12-28-22-29(47)13-19-32(28)36(33)34/h4-11,14-17,22,33-35,48H,12-13,18-21,23H2,1-3H3/t33-,34+,35-,37-,38-,52?/m0/s1. The minimum Gasteiger partial charge on any atom is -0.383 e. The normalized spacial score (nSPS) is 28.7. The SMILES string of the molecule is Cc1ccc(S(=O)(=O)N=S(C)(=O)c2ccc(-c3ccc([C@H]4C[C@@]5(C)[C@@H](CC[C@@]5(O)C(F)(F)C(F)(F)F)[C@@H]5CCC6=CC(=O)CCC6=C54)cc3)cc2)cc1. The summed E-state index contributed by atoms with van der Waals surface area (Å²) in [5.41, 5.74) is 0.834. The van der Waals surface area contributed by atoms with Gasteiger partial charge in [0.05, 0.1) is 14.6 Å². The Balaban J connectivity index is 1.24. The van der Waals surface area contributed by atoms with Gasteiger partial charge in [0.2, 0.25) is 0 Å². The summed E-state index contributed by atoms with van der Waals surface area (Å²) >= 11 is 0. The molecule has 1 N–H and O–H groups in total. The second-order valence-electron chi connectivity index (χ2n) is 15.3. The van der Waals surface area contributed by atoms with Crippen molar-refractivity contribution in [3.05, 3.63) is 107 Å². The maximum atomic E-state index is 15.3. The van der Waals surface area contributed by atoms with E-state index >= 15 is 8.78 Å². The third kappa shape index (κ3) is 6.10. The Labute approximate surface area is 306 Å². The fourth-order valence-corrected chi connectivity index (χ4v) is 12.8. The largest absolute Gasteiger partial charge is 0.456 e. The molecule has 0 amide bonds. The van der Waals surface area contributed by atoms with E-state index in [0.29, 0.717) is 36.8 Å². The highest BCUT2D eigenvalue weighted by molar-refractivity contribution is 8.03. The van der Waals surface area contributed by atoms with E-state index in [1.165, 1.54) is 25.3 Å². The maximum Gasteiger partial charge on any atom is 0.456 e. The number of aliphatic hydroxyl groups is 1. The number of benzene rings is 3. The van der Waals surface area contributed by atoms with Crippen LogP contribution >= 0.6 is 0 Å². The summed E-state index contributed by atoms with van der Waals surface area (Å²) in [7, 11) is -7.55. The number of fused-ring (bicyclic) bond motifs is 4. The van der Waals surface area contributed by atoms with Gasteiger partial charge in [-0.2, -0.15) is 30.4 Å². The van der Waals surface area contributed by atoms with Crippen LogP contribution in [-0.4, -0.2) is 47.5 Å². The average molecular weight is 774 g/mol. The Hall–Kier alpha value is -3.68. The molecule has 0 spiro atoms. The number of sulfonamides is 1. The first-order valence-corrected chi connectivity index (χ1v) is 20.9. The first kappa shape index (κ1) is 37.6. The summed E-state index contributed by atoms with van der Waals surface area (Å²) in [6.45, 7) is 3.21. The summed E-state index contributed by atoms with van der Waals surface area (Å²) in [6.07, 6.45) is -2.00. The lowest BCUT2D eigenvalue weighted by Crippen LogP contribution is -2.65. The highest BCUT2D eigenvalue weighted by atomic mass is 32.3. The Kier molecular flexibility index (Phi) is 9.01. The molecule has 0 heterocycles. The van der Waals surface area contributed by atoms with E-state index < -0.39 is 61.1 Å². The van der Waals surface area contributed by atoms with Crippen molar-refractivity contribution in [3.63, 3.8) is 0 Å². The molecular formula is C40H40F5NO5S2. The quantitative estimate of drug-likeness (QED) is 0.252. The minimum atomic E-state index is -5.92. The minimum absolute atomic E-state index is 0.0101. The molecule has 0 saturated heterocycles. The molecule has 0 aliphatic heterocycles. The predicted octanol–water partition coefficient (Wildman–Crippen LogP) is 9.34. The monoisotopic (exact) mass is 773 g/mol. The smallest absolute Gasteiger partial charge is 0.383 e. The van der Waals surface area contributed by atoms with Gasteiger partial charge in [0, 0.05) is 28.9 Å². The molecule has 1 unspecified atom stereocenters. The summed E-state index contributed by atoms with van der Waals surface area (Å²) in [5.74, 6) is -6.79. The molecule has 0 aromatic heterocycles. The first-order chi connectivity index (χ1) is 24.7. The molecule has 282 valence electrons. The van der Waals surface area contributed by atoms with Crippen LogP contribution in [0.1, 0.15) is 68.9 Å². The third-order valence-electron chi connectivity index (χ3n) is 12.3. The Morgan fingerprint density at radius 3 is 2.00 bits per heavy atom. The van der Waals surface area contributed by atoms with Gasteiger partial charge in [0.1, 0.15) is 5.60 Å². The van der Waals surface area contributed by atoms with Gasteiger partial charge < -0.3 is 5.11 Å². The topological polar surface area (TPSA) is 101 Å². The number of nitrogens with zero attached hydrogens (tertiary/aromatic N) is 1. The number of allylic oxidation sites excluding steroid dienone is 4. The molecule has 0 bridgehead atoms. The van der Waals surface area contributed by atoms with Gasteiger partial charge in [-0.25, -0.2) is 4.21 Å². The van der Waals surface area contributed by atoms with Crippen molar-refractivity contribution < 1.29 is 44.5 Å². The number of ketones is 1. The van der Waals surface area contributed by atoms with Crippen molar-refractivity contribution in [3.8, 4) is 11.1 Å². The van der Waals surface area contributed by atoms with E-state index in [9.17, 15) is 35.7 Å².